The molecule has 0 saturated carbocycles. The Balaban J connectivity index is 1.73. The van der Waals surface area contributed by atoms with Crippen molar-refractivity contribution in [2.24, 2.45) is 0 Å². The lowest BCUT2D eigenvalue weighted by Crippen LogP contribution is -2.19. The summed E-state index contributed by atoms with van der Waals surface area (Å²) in [5.41, 5.74) is 4.16. The van der Waals surface area contributed by atoms with Gasteiger partial charge in [-0.25, -0.2) is 4.98 Å². The summed E-state index contributed by atoms with van der Waals surface area (Å²) in [7, 11) is 1.68. The minimum absolute atomic E-state index is 0.278. The molecule has 0 unspecified atom stereocenters. The van der Waals surface area contributed by atoms with Gasteiger partial charge < -0.3 is 14.8 Å². The van der Waals surface area contributed by atoms with Crippen LogP contribution in [0.2, 0.25) is 0 Å². The van der Waals surface area contributed by atoms with Gasteiger partial charge in [-0.15, -0.1) is 0 Å². The molecule has 0 radical (unpaired) electrons. The summed E-state index contributed by atoms with van der Waals surface area (Å²) < 4.78 is 13.1. The molecule has 1 aliphatic heterocycles. The largest absolute Gasteiger partial charge is 0.497 e. The molecule has 25 heavy (non-hydrogen) atoms. The van der Waals surface area contributed by atoms with Gasteiger partial charge in [0.2, 0.25) is 0 Å². The average Bonchev–Trinajstić information content (AvgIpc) is 3.27. The van der Waals surface area contributed by atoms with Crippen LogP contribution in [0.1, 0.15) is 18.4 Å². The number of aromatic nitrogens is 2. The fourth-order valence-electron chi connectivity index (χ4n) is 3.28. The summed E-state index contributed by atoms with van der Waals surface area (Å²) in [4.78, 5) is 4.86. The van der Waals surface area contributed by atoms with Crippen LogP contribution in [0.5, 0.6) is 5.75 Å². The summed E-state index contributed by atoms with van der Waals surface area (Å²) in [6, 6.07) is 12.2. The summed E-state index contributed by atoms with van der Waals surface area (Å²) in [6.45, 7) is 3.75. The third-order valence-corrected chi connectivity index (χ3v) is 4.67. The van der Waals surface area contributed by atoms with Gasteiger partial charge in [0, 0.05) is 24.9 Å². The van der Waals surface area contributed by atoms with E-state index in [1.165, 1.54) is 5.56 Å². The number of rotatable bonds is 5. The quantitative estimate of drug-likeness (QED) is 0.767. The molecule has 1 aromatic carbocycles. The number of imidazole rings is 1. The van der Waals surface area contributed by atoms with E-state index >= 15 is 0 Å². The van der Waals surface area contributed by atoms with E-state index in [1.807, 2.05) is 24.3 Å². The van der Waals surface area contributed by atoms with Gasteiger partial charge in [0.1, 0.15) is 22.9 Å². The van der Waals surface area contributed by atoms with Crippen LogP contribution in [-0.4, -0.2) is 35.8 Å². The zero-order valence-corrected chi connectivity index (χ0v) is 14.7. The molecule has 3 heterocycles. The Morgan fingerprint density at radius 3 is 2.84 bits per heavy atom. The zero-order valence-electron chi connectivity index (χ0n) is 14.7. The Labute approximate surface area is 147 Å². The van der Waals surface area contributed by atoms with Gasteiger partial charge in [0.05, 0.1) is 13.2 Å². The summed E-state index contributed by atoms with van der Waals surface area (Å²) >= 11 is 0. The first-order valence-electron chi connectivity index (χ1n) is 8.73. The van der Waals surface area contributed by atoms with E-state index < -0.39 is 0 Å². The molecule has 130 valence electrons. The molecule has 1 aliphatic rings. The molecule has 0 bridgehead atoms. The number of benzene rings is 1. The van der Waals surface area contributed by atoms with Crippen LogP contribution in [0, 0.1) is 6.92 Å². The Hall–Kier alpha value is -2.53. The lowest BCUT2D eigenvalue weighted by atomic mass is 10.1. The Kier molecular flexibility index (Phi) is 4.32. The first kappa shape index (κ1) is 16.0. The van der Waals surface area contributed by atoms with Gasteiger partial charge in [-0.2, -0.15) is 0 Å². The highest BCUT2D eigenvalue weighted by Gasteiger charge is 2.19. The number of fused-ring (bicyclic) bond motifs is 1. The highest BCUT2D eigenvalue weighted by Crippen LogP contribution is 2.30. The monoisotopic (exact) mass is 337 g/mol. The molecular formula is C20H23N3O2. The van der Waals surface area contributed by atoms with Gasteiger partial charge in [0.25, 0.3) is 0 Å². The first-order valence-corrected chi connectivity index (χ1v) is 8.73. The molecule has 1 atom stereocenters. The second-order valence-electron chi connectivity index (χ2n) is 6.49. The van der Waals surface area contributed by atoms with Crippen molar-refractivity contribution in [2.45, 2.75) is 25.9 Å². The highest BCUT2D eigenvalue weighted by atomic mass is 16.5. The second kappa shape index (κ2) is 6.76. The van der Waals surface area contributed by atoms with Crippen LogP contribution < -0.4 is 10.1 Å². The van der Waals surface area contributed by atoms with E-state index in [1.54, 1.807) is 7.11 Å². The maximum Gasteiger partial charge on any atom is 0.139 e. The SMILES string of the molecule is COc1ccc(-c2nc3cc(C)ccn3c2NC[C@H]2CCCO2)cc1. The Morgan fingerprint density at radius 2 is 2.12 bits per heavy atom. The van der Waals surface area contributed by atoms with Crippen molar-refractivity contribution in [3.63, 3.8) is 0 Å². The lowest BCUT2D eigenvalue weighted by molar-refractivity contribution is 0.120. The number of ether oxygens (including phenoxy) is 2. The van der Waals surface area contributed by atoms with Gasteiger partial charge >= 0.3 is 0 Å². The van der Waals surface area contributed by atoms with E-state index in [0.717, 1.165) is 54.5 Å². The minimum Gasteiger partial charge on any atom is -0.497 e. The Bertz CT molecular complexity index is 865. The van der Waals surface area contributed by atoms with E-state index in [4.69, 9.17) is 14.5 Å². The van der Waals surface area contributed by atoms with Crippen molar-refractivity contribution < 1.29 is 9.47 Å². The minimum atomic E-state index is 0.278. The number of aryl methyl sites for hydroxylation is 1. The van der Waals surface area contributed by atoms with E-state index in [2.05, 4.69) is 35.0 Å². The van der Waals surface area contributed by atoms with Gasteiger partial charge in [0.15, 0.2) is 0 Å². The maximum absolute atomic E-state index is 5.75. The fraction of sp³-hybridized carbons (Fsp3) is 0.350. The second-order valence-corrected chi connectivity index (χ2v) is 6.49. The number of hydrogen-bond donors (Lipinski definition) is 1. The molecule has 1 N–H and O–H groups in total. The molecule has 4 rings (SSSR count). The zero-order chi connectivity index (χ0) is 17.2. The van der Waals surface area contributed by atoms with Gasteiger partial charge in [-0.3, -0.25) is 4.40 Å². The van der Waals surface area contributed by atoms with Crippen molar-refractivity contribution in [1.82, 2.24) is 9.38 Å². The fourth-order valence-corrected chi connectivity index (χ4v) is 3.28. The smallest absolute Gasteiger partial charge is 0.139 e. The molecule has 1 fully saturated rings. The Morgan fingerprint density at radius 1 is 1.28 bits per heavy atom. The summed E-state index contributed by atoms with van der Waals surface area (Å²) in [6.07, 6.45) is 4.60. The topological polar surface area (TPSA) is 47.8 Å². The normalized spacial score (nSPS) is 17.1. The third kappa shape index (κ3) is 3.20. The third-order valence-electron chi connectivity index (χ3n) is 4.67. The van der Waals surface area contributed by atoms with Gasteiger partial charge in [-0.05, 0) is 61.7 Å². The van der Waals surface area contributed by atoms with Crippen LogP contribution in [0.4, 0.5) is 5.82 Å². The molecule has 2 aromatic heterocycles. The average molecular weight is 337 g/mol. The molecular weight excluding hydrogens is 314 g/mol. The predicted octanol–water partition coefficient (Wildman–Crippen LogP) is 3.91. The molecule has 1 saturated heterocycles. The van der Waals surface area contributed by atoms with Crippen LogP contribution in [0.25, 0.3) is 16.9 Å². The first-order chi connectivity index (χ1) is 12.2. The molecule has 5 nitrogen and oxygen atoms in total. The number of pyridine rings is 1. The van der Waals surface area contributed by atoms with E-state index in [0.29, 0.717) is 0 Å². The maximum atomic E-state index is 5.75. The molecule has 0 spiro atoms. The summed E-state index contributed by atoms with van der Waals surface area (Å²) in [5, 5.41) is 3.57. The van der Waals surface area contributed by atoms with E-state index in [9.17, 15) is 0 Å². The molecule has 0 amide bonds. The van der Waals surface area contributed by atoms with Crippen molar-refractivity contribution in [2.75, 3.05) is 25.6 Å². The van der Waals surface area contributed by atoms with Crippen molar-refractivity contribution in [3.05, 3.63) is 48.2 Å². The number of anilines is 1. The van der Waals surface area contributed by atoms with Crippen LogP contribution in [-0.2, 0) is 4.74 Å². The number of hydrogen-bond acceptors (Lipinski definition) is 4. The molecule has 5 heteroatoms. The van der Waals surface area contributed by atoms with Crippen LogP contribution in [0.3, 0.4) is 0 Å². The lowest BCUT2D eigenvalue weighted by Gasteiger charge is -2.13. The number of methoxy groups -OCH3 is 1. The van der Waals surface area contributed by atoms with Crippen molar-refractivity contribution >= 4 is 11.5 Å². The molecule has 3 aromatic rings. The van der Waals surface area contributed by atoms with Gasteiger partial charge in [-0.1, -0.05) is 0 Å². The van der Waals surface area contributed by atoms with Crippen LogP contribution in [0.15, 0.2) is 42.6 Å². The highest BCUT2D eigenvalue weighted by molar-refractivity contribution is 5.77. The van der Waals surface area contributed by atoms with Crippen molar-refractivity contribution in [3.8, 4) is 17.0 Å². The van der Waals surface area contributed by atoms with E-state index in [-0.39, 0.29) is 6.10 Å². The van der Waals surface area contributed by atoms with Crippen LogP contribution >= 0.6 is 0 Å². The molecule has 0 aliphatic carbocycles. The predicted molar refractivity (Wildman–Crippen MR) is 99.4 cm³/mol. The number of nitrogens with zero attached hydrogens (tertiary/aromatic N) is 2. The number of nitrogens with one attached hydrogen (secondary N) is 1. The van der Waals surface area contributed by atoms with Crippen molar-refractivity contribution in [1.29, 1.82) is 0 Å². The summed E-state index contributed by atoms with van der Waals surface area (Å²) in [5.74, 6) is 1.85. The standard InChI is InChI=1S/C20H23N3O2/c1-14-9-10-23-18(12-14)22-19(15-5-7-16(24-2)8-6-15)20(23)21-13-17-4-3-11-25-17/h5-10,12,17,21H,3-4,11,13H2,1-2H3/t17-/m1/s1.